The fraction of sp³-hybridized carbons (Fsp3) is 0.294. The van der Waals surface area contributed by atoms with Crippen molar-refractivity contribution in [1.82, 2.24) is 30.0 Å². The van der Waals surface area contributed by atoms with Crippen LogP contribution in [0.5, 0.6) is 0 Å². The fourth-order valence-electron chi connectivity index (χ4n) is 2.95. The summed E-state index contributed by atoms with van der Waals surface area (Å²) in [6.45, 7) is 3.44. The van der Waals surface area contributed by atoms with Gasteiger partial charge in [0.05, 0.1) is 17.1 Å². The predicted octanol–water partition coefficient (Wildman–Crippen LogP) is 1.82. The van der Waals surface area contributed by atoms with Gasteiger partial charge in [0.25, 0.3) is 5.91 Å². The number of hydrogen-bond acceptors (Lipinski definition) is 6. The number of piperazine rings is 1. The van der Waals surface area contributed by atoms with Crippen molar-refractivity contribution in [2.75, 3.05) is 26.2 Å². The molecule has 1 aromatic carbocycles. The Morgan fingerprint density at radius 3 is 2.58 bits per heavy atom. The van der Waals surface area contributed by atoms with Crippen molar-refractivity contribution >= 4 is 17.2 Å². The zero-order chi connectivity index (χ0) is 17.9. The number of thiophene rings is 1. The summed E-state index contributed by atoms with van der Waals surface area (Å²) in [6.07, 6.45) is 0. The number of halogens is 1. The van der Waals surface area contributed by atoms with E-state index in [4.69, 9.17) is 0 Å². The third-order valence-electron chi connectivity index (χ3n) is 4.36. The number of carbonyl (C=O) groups excluding carboxylic acids is 1. The molecule has 0 unspecified atom stereocenters. The Kier molecular flexibility index (Phi) is 4.72. The normalized spacial score (nSPS) is 15.3. The number of nitrogens with zero attached hydrogens (tertiary/aromatic N) is 6. The van der Waals surface area contributed by atoms with Crippen LogP contribution in [0.2, 0.25) is 0 Å². The van der Waals surface area contributed by atoms with E-state index in [-0.39, 0.29) is 11.7 Å². The maximum absolute atomic E-state index is 13.1. The van der Waals surface area contributed by atoms with E-state index in [9.17, 15) is 9.18 Å². The Morgan fingerprint density at radius 2 is 1.88 bits per heavy atom. The minimum absolute atomic E-state index is 0.0933. The minimum atomic E-state index is -0.296. The van der Waals surface area contributed by atoms with Gasteiger partial charge in [-0.1, -0.05) is 6.07 Å². The van der Waals surface area contributed by atoms with Crippen molar-refractivity contribution in [2.45, 2.75) is 6.54 Å². The van der Waals surface area contributed by atoms with Gasteiger partial charge >= 0.3 is 0 Å². The van der Waals surface area contributed by atoms with Crippen LogP contribution in [0.25, 0.3) is 5.69 Å². The molecule has 0 aliphatic carbocycles. The van der Waals surface area contributed by atoms with E-state index in [0.29, 0.717) is 25.5 Å². The second-order valence-electron chi connectivity index (χ2n) is 6.03. The van der Waals surface area contributed by atoms with Crippen molar-refractivity contribution in [1.29, 1.82) is 0 Å². The lowest BCUT2D eigenvalue weighted by molar-refractivity contribution is 0.0629. The van der Waals surface area contributed by atoms with Gasteiger partial charge in [0.15, 0.2) is 5.82 Å². The van der Waals surface area contributed by atoms with E-state index < -0.39 is 0 Å². The smallest absolute Gasteiger partial charge is 0.264 e. The minimum Gasteiger partial charge on any atom is -0.335 e. The highest BCUT2D eigenvalue weighted by Gasteiger charge is 2.24. The zero-order valence-corrected chi connectivity index (χ0v) is 14.8. The SMILES string of the molecule is O=C(c1cccs1)N1CCN(Cc2nnnn2-c2ccc(F)cc2)CC1. The first-order valence-corrected chi connectivity index (χ1v) is 9.17. The summed E-state index contributed by atoms with van der Waals surface area (Å²) in [5.74, 6) is 0.486. The van der Waals surface area contributed by atoms with Gasteiger partial charge in [0, 0.05) is 26.2 Å². The molecule has 7 nitrogen and oxygen atoms in total. The van der Waals surface area contributed by atoms with Gasteiger partial charge in [0.2, 0.25) is 0 Å². The van der Waals surface area contributed by atoms with Crippen LogP contribution in [0.1, 0.15) is 15.5 Å². The van der Waals surface area contributed by atoms with E-state index >= 15 is 0 Å². The molecule has 1 amide bonds. The van der Waals surface area contributed by atoms with Crippen LogP contribution in [0, 0.1) is 5.82 Å². The van der Waals surface area contributed by atoms with Gasteiger partial charge < -0.3 is 4.90 Å². The van der Waals surface area contributed by atoms with Crippen LogP contribution in [-0.4, -0.2) is 62.1 Å². The quantitative estimate of drug-likeness (QED) is 0.699. The molecule has 1 aliphatic rings. The molecule has 3 heterocycles. The number of carbonyl (C=O) groups is 1. The van der Waals surface area contributed by atoms with Gasteiger partial charge in [0.1, 0.15) is 5.82 Å². The van der Waals surface area contributed by atoms with Crippen LogP contribution in [0.3, 0.4) is 0 Å². The van der Waals surface area contributed by atoms with Crippen LogP contribution < -0.4 is 0 Å². The van der Waals surface area contributed by atoms with Gasteiger partial charge in [-0.25, -0.2) is 4.39 Å². The summed E-state index contributed by atoms with van der Waals surface area (Å²) < 4.78 is 14.7. The molecule has 134 valence electrons. The second-order valence-corrected chi connectivity index (χ2v) is 6.98. The van der Waals surface area contributed by atoms with E-state index in [1.54, 1.807) is 16.8 Å². The fourth-order valence-corrected chi connectivity index (χ4v) is 3.64. The van der Waals surface area contributed by atoms with E-state index in [1.165, 1.54) is 23.5 Å². The highest BCUT2D eigenvalue weighted by Crippen LogP contribution is 2.15. The summed E-state index contributed by atoms with van der Waals surface area (Å²) >= 11 is 1.47. The molecular formula is C17H17FN6OS. The average molecular weight is 372 g/mol. The second kappa shape index (κ2) is 7.30. The summed E-state index contributed by atoms with van der Waals surface area (Å²) in [6, 6.07) is 9.81. The lowest BCUT2D eigenvalue weighted by Gasteiger charge is -2.34. The van der Waals surface area contributed by atoms with Crippen LogP contribution in [0.4, 0.5) is 4.39 Å². The Labute approximate surface area is 153 Å². The van der Waals surface area contributed by atoms with E-state index in [1.807, 2.05) is 22.4 Å². The maximum Gasteiger partial charge on any atom is 0.264 e. The average Bonchev–Trinajstić information content (AvgIpc) is 3.35. The first-order valence-electron chi connectivity index (χ1n) is 8.29. The van der Waals surface area contributed by atoms with Crippen molar-refractivity contribution in [3.63, 3.8) is 0 Å². The first-order chi connectivity index (χ1) is 12.7. The largest absolute Gasteiger partial charge is 0.335 e. The molecular weight excluding hydrogens is 355 g/mol. The Morgan fingerprint density at radius 1 is 1.12 bits per heavy atom. The lowest BCUT2D eigenvalue weighted by Crippen LogP contribution is -2.48. The third-order valence-corrected chi connectivity index (χ3v) is 5.22. The monoisotopic (exact) mass is 372 g/mol. The molecule has 26 heavy (non-hydrogen) atoms. The van der Waals surface area contributed by atoms with Crippen molar-refractivity contribution in [3.8, 4) is 5.69 Å². The van der Waals surface area contributed by atoms with Crippen molar-refractivity contribution in [2.24, 2.45) is 0 Å². The third kappa shape index (κ3) is 3.49. The first kappa shape index (κ1) is 16.8. The Bertz CT molecular complexity index is 871. The van der Waals surface area contributed by atoms with E-state index in [2.05, 4.69) is 20.4 Å². The molecule has 4 rings (SSSR count). The van der Waals surface area contributed by atoms with Crippen LogP contribution in [-0.2, 0) is 6.54 Å². The number of aromatic nitrogens is 4. The Balaban J connectivity index is 1.39. The molecule has 0 atom stereocenters. The molecule has 0 radical (unpaired) electrons. The lowest BCUT2D eigenvalue weighted by atomic mass is 10.2. The number of benzene rings is 1. The molecule has 0 N–H and O–H groups in total. The topological polar surface area (TPSA) is 67.2 Å². The number of hydrogen-bond donors (Lipinski definition) is 0. The van der Waals surface area contributed by atoms with Gasteiger partial charge in [-0.3, -0.25) is 9.69 Å². The summed E-state index contributed by atoms with van der Waals surface area (Å²) in [7, 11) is 0. The molecule has 1 fully saturated rings. The standard InChI is InChI=1S/C17H17FN6OS/c18-13-3-5-14(6-4-13)24-16(19-20-21-24)12-22-7-9-23(10-8-22)17(25)15-2-1-11-26-15/h1-6,11H,7-10,12H2. The molecule has 0 saturated carbocycles. The van der Waals surface area contributed by atoms with Gasteiger partial charge in [-0.15, -0.1) is 16.4 Å². The van der Waals surface area contributed by atoms with Crippen LogP contribution >= 0.6 is 11.3 Å². The molecule has 1 saturated heterocycles. The Hall–Kier alpha value is -2.65. The molecule has 2 aromatic heterocycles. The number of tetrazole rings is 1. The van der Waals surface area contributed by atoms with Crippen molar-refractivity contribution in [3.05, 3.63) is 58.3 Å². The molecule has 3 aromatic rings. The summed E-state index contributed by atoms with van der Waals surface area (Å²) in [5, 5.41) is 13.8. The van der Waals surface area contributed by atoms with Crippen molar-refractivity contribution < 1.29 is 9.18 Å². The molecule has 9 heteroatoms. The predicted molar refractivity (Wildman–Crippen MR) is 94.6 cm³/mol. The molecule has 1 aliphatic heterocycles. The summed E-state index contributed by atoms with van der Waals surface area (Å²) in [4.78, 5) is 17.3. The number of rotatable bonds is 4. The van der Waals surface area contributed by atoms with E-state index in [0.717, 1.165) is 23.7 Å². The van der Waals surface area contributed by atoms with Crippen LogP contribution in [0.15, 0.2) is 41.8 Å². The molecule has 0 spiro atoms. The highest BCUT2D eigenvalue weighted by molar-refractivity contribution is 7.12. The molecule has 0 bridgehead atoms. The van der Waals surface area contributed by atoms with Gasteiger partial charge in [-0.05, 0) is 46.1 Å². The maximum atomic E-state index is 13.1. The number of amides is 1. The van der Waals surface area contributed by atoms with Gasteiger partial charge in [-0.2, -0.15) is 4.68 Å². The highest BCUT2D eigenvalue weighted by atomic mass is 32.1. The summed E-state index contributed by atoms with van der Waals surface area (Å²) in [5.41, 5.74) is 0.720. The zero-order valence-electron chi connectivity index (χ0n) is 14.0.